The number of nitro groups is 1. The number of nitrogens with one attached hydrogen (secondary N) is 1. The van der Waals surface area contributed by atoms with E-state index in [2.05, 4.69) is 10.5 Å². The van der Waals surface area contributed by atoms with Gasteiger partial charge in [-0.05, 0) is 70.8 Å². The van der Waals surface area contributed by atoms with Crippen LogP contribution in [-0.4, -0.2) is 33.6 Å². The fraction of sp³-hybridized carbons (Fsp3) is 0.129. The van der Waals surface area contributed by atoms with Crippen molar-refractivity contribution in [2.45, 2.75) is 18.5 Å². The topological polar surface area (TPSA) is 114 Å². The van der Waals surface area contributed by atoms with Crippen molar-refractivity contribution in [3.05, 3.63) is 141 Å². The Morgan fingerprint density at radius 3 is 2.37 bits per heavy atom. The molecule has 0 saturated carbocycles. The number of carbonyl (C=O) groups is 2. The number of nitrogens with zero attached hydrogens (tertiary/aromatic N) is 3. The number of benzene rings is 4. The third kappa shape index (κ3) is 7.17. The highest BCUT2D eigenvalue weighted by molar-refractivity contribution is 8.00. The first-order valence-corrected chi connectivity index (χ1v) is 13.9. The maximum Gasteiger partial charge on any atom is 0.271 e. The number of carbonyl (C=O) groups excluding carboxylic acids is 2. The molecule has 0 radical (unpaired) electrons. The van der Waals surface area contributed by atoms with Crippen molar-refractivity contribution in [3.63, 3.8) is 0 Å². The Morgan fingerprint density at radius 2 is 1.68 bits per heavy atom. The Kier molecular flexibility index (Phi) is 8.70. The fourth-order valence-electron chi connectivity index (χ4n) is 4.24. The average molecular weight is 567 g/mol. The number of hydrogen-bond acceptors (Lipinski definition) is 7. The zero-order valence-electron chi connectivity index (χ0n) is 21.9. The van der Waals surface area contributed by atoms with E-state index in [1.807, 2.05) is 47.4 Å². The third-order valence-electron chi connectivity index (χ3n) is 6.43. The standard InChI is InChI=1S/C31H26N4O5S/c36-29-21-41-31(34(29)19-23-4-2-1-3-5-23)26-12-10-25(11-13-26)30(37)33-32-18-22-8-16-28(17-9-22)40-20-24-6-14-27(15-7-24)35(38)39/h1-18,31H,19-21H2,(H,33,37)/b32-18+. The summed E-state index contributed by atoms with van der Waals surface area (Å²) in [6, 6.07) is 30.5. The fourth-order valence-corrected chi connectivity index (χ4v) is 5.43. The Balaban J connectivity index is 1.12. The molecular formula is C31H26N4O5S. The van der Waals surface area contributed by atoms with Crippen LogP contribution in [0.25, 0.3) is 0 Å². The average Bonchev–Trinajstić information content (AvgIpc) is 3.37. The number of hydrazone groups is 1. The van der Waals surface area contributed by atoms with Crippen molar-refractivity contribution in [1.29, 1.82) is 0 Å². The van der Waals surface area contributed by atoms with Gasteiger partial charge in [0.05, 0.1) is 16.9 Å². The highest BCUT2D eigenvalue weighted by atomic mass is 32.2. The number of amides is 2. The lowest BCUT2D eigenvalue weighted by Crippen LogP contribution is -2.27. The van der Waals surface area contributed by atoms with Crippen LogP contribution in [0.1, 0.15) is 38.0 Å². The first-order chi connectivity index (χ1) is 20.0. The van der Waals surface area contributed by atoms with E-state index in [4.69, 9.17) is 4.74 Å². The van der Waals surface area contributed by atoms with Crippen molar-refractivity contribution in [2.75, 3.05) is 5.75 Å². The lowest BCUT2D eigenvalue weighted by Gasteiger charge is -2.24. The van der Waals surface area contributed by atoms with E-state index >= 15 is 0 Å². The normalized spacial score (nSPS) is 14.8. The van der Waals surface area contributed by atoms with E-state index in [1.54, 1.807) is 60.3 Å². The molecule has 9 nitrogen and oxygen atoms in total. The van der Waals surface area contributed by atoms with Gasteiger partial charge >= 0.3 is 0 Å². The number of non-ortho nitro benzene ring substituents is 1. The van der Waals surface area contributed by atoms with Crippen LogP contribution < -0.4 is 10.2 Å². The number of rotatable bonds is 10. The molecule has 1 aliphatic heterocycles. The highest BCUT2D eigenvalue weighted by Crippen LogP contribution is 2.39. The molecule has 1 unspecified atom stereocenters. The molecule has 1 N–H and O–H groups in total. The van der Waals surface area contributed by atoms with Crippen LogP contribution >= 0.6 is 11.8 Å². The zero-order chi connectivity index (χ0) is 28.6. The highest BCUT2D eigenvalue weighted by Gasteiger charge is 2.32. The number of hydrogen-bond donors (Lipinski definition) is 1. The number of nitro benzene ring substituents is 1. The molecule has 2 amide bonds. The monoisotopic (exact) mass is 566 g/mol. The molecule has 1 aliphatic rings. The van der Waals surface area contributed by atoms with Crippen molar-refractivity contribution in [2.24, 2.45) is 5.10 Å². The van der Waals surface area contributed by atoms with Crippen LogP contribution in [0.15, 0.2) is 108 Å². The molecule has 1 saturated heterocycles. The van der Waals surface area contributed by atoms with E-state index in [-0.39, 0.29) is 29.5 Å². The molecule has 0 aromatic heterocycles. The first-order valence-electron chi connectivity index (χ1n) is 12.8. The van der Waals surface area contributed by atoms with Gasteiger partial charge in [0.25, 0.3) is 11.6 Å². The molecule has 4 aromatic carbocycles. The summed E-state index contributed by atoms with van der Waals surface area (Å²) in [6.45, 7) is 0.822. The lowest BCUT2D eigenvalue weighted by molar-refractivity contribution is -0.384. The quantitative estimate of drug-likeness (QED) is 0.149. The van der Waals surface area contributed by atoms with Crippen molar-refractivity contribution < 1.29 is 19.2 Å². The molecule has 41 heavy (non-hydrogen) atoms. The van der Waals surface area contributed by atoms with E-state index < -0.39 is 4.92 Å². The second-order valence-electron chi connectivity index (χ2n) is 9.27. The third-order valence-corrected chi connectivity index (χ3v) is 7.69. The van der Waals surface area contributed by atoms with Gasteiger partial charge in [-0.15, -0.1) is 11.8 Å². The molecular weight excluding hydrogens is 540 g/mol. The van der Waals surface area contributed by atoms with Crippen molar-refractivity contribution in [1.82, 2.24) is 10.3 Å². The van der Waals surface area contributed by atoms with Gasteiger partial charge in [-0.3, -0.25) is 19.7 Å². The molecule has 206 valence electrons. The minimum absolute atomic E-state index is 0.0354. The molecule has 1 heterocycles. The minimum atomic E-state index is -0.440. The predicted molar refractivity (Wildman–Crippen MR) is 158 cm³/mol. The van der Waals surface area contributed by atoms with Gasteiger partial charge in [-0.25, -0.2) is 5.43 Å². The van der Waals surface area contributed by atoms with Gasteiger partial charge in [-0.1, -0.05) is 42.5 Å². The first kappa shape index (κ1) is 27.6. The van der Waals surface area contributed by atoms with Crippen LogP contribution in [0, 0.1) is 10.1 Å². The summed E-state index contributed by atoms with van der Waals surface area (Å²) < 4.78 is 5.73. The van der Waals surface area contributed by atoms with E-state index in [0.717, 1.165) is 22.3 Å². The molecule has 1 fully saturated rings. The molecule has 0 aliphatic carbocycles. The Labute approximate surface area is 241 Å². The predicted octanol–water partition coefficient (Wildman–Crippen LogP) is 5.71. The van der Waals surface area contributed by atoms with Crippen molar-refractivity contribution >= 4 is 35.5 Å². The second-order valence-corrected chi connectivity index (χ2v) is 10.3. The van der Waals surface area contributed by atoms with Gasteiger partial charge in [0.1, 0.15) is 17.7 Å². The van der Waals surface area contributed by atoms with Crippen LogP contribution in [0.4, 0.5) is 5.69 Å². The molecule has 0 spiro atoms. The van der Waals surface area contributed by atoms with Gasteiger partial charge in [0, 0.05) is 24.2 Å². The summed E-state index contributed by atoms with van der Waals surface area (Å²) >= 11 is 1.58. The smallest absolute Gasteiger partial charge is 0.271 e. The Bertz CT molecular complexity index is 1540. The van der Waals surface area contributed by atoms with E-state index in [1.165, 1.54) is 18.3 Å². The maximum atomic E-state index is 12.6. The van der Waals surface area contributed by atoms with Crippen LogP contribution in [0.5, 0.6) is 5.75 Å². The largest absolute Gasteiger partial charge is 0.489 e. The summed E-state index contributed by atoms with van der Waals surface area (Å²) in [7, 11) is 0. The van der Waals surface area contributed by atoms with E-state index in [0.29, 0.717) is 23.6 Å². The Morgan fingerprint density at radius 1 is 0.976 bits per heavy atom. The summed E-state index contributed by atoms with van der Waals surface area (Å²) in [4.78, 5) is 37.3. The van der Waals surface area contributed by atoms with Crippen molar-refractivity contribution in [3.8, 4) is 5.75 Å². The van der Waals surface area contributed by atoms with Crippen LogP contribution in [0.2, 0.25) is 0 Å². The minimum Gasteiger partial charge on any atom is -0.489 e. The van der Waals surface area contributed by atoms with Gasteiger partial charge in [-0.2, -0.15) is 5.10 Å². The number of ether oxygens (including phenoxy) is 1. The summed E-state index contributed by atoms with van der Waals surface area (Å²) in [5.41, 5.74) is 6.66. The summed E-state index contributed by atoms with van der Waals surface area (Å²) in [5.74, 6) is 0.826. The zero-order valence-corrected chi connectivity index (χ0v) is 22.7. The SMILES string of the molecule is O=C(N/N=C/c1ccc(OCc2ccc([N+](=O)[O-])cc2)cc1)c1ccc(C2SCC(=O)N2Cc2ccccc2)cc1. The molecule has 1 atom stereocenters. The van der Waals surface area contributed by atoms with Crippen LogP contribution in [-0.2, 0) is 17.9 Å². The summed E-state index contributed by atoms with van der Waals surface area (Å²) in [6.07, 6.45) is 1.54. The van der Waals surface area contributed by atoms with Crippen LogP contribution in [0.3, 0.4) is 0 Å². The van der Waals surface area contributed by atoms with Gasteiger partial charge < -0.3 is 9.64 Å². The van der Waals surface area contributed by atoms with Gasteiger partial charge in [0.2, 0.25) is 5.91 Å². The van der Waals surface area contributed by atoms with E-state index in [9.17, 15) is 19.7 Å². The summed E-state index contributed by atoms with van der Waals surface area (Å²) in [5, 5.41) is 14.7. The second kappa shape index (κ2) is 12.9. The molecule has 10 heteroatoms. The maximum absolute atomic E-state index is 12.6. The molecule has 4 aromatic rings. The molecule has 0 bridgehead atoms. The van der Waals surface area contributed by atoms with Gasteiger partial charge in [0.15, 0.2) is 0 Å². The lowest BCUT2D eigenvalue weighted by atomic mass is 10.1. The number of thioether (sulfide) groups is 1. The molecule has 5 rings (SSSR count). The Hall–Kier alpha value is -4.96.